The molecule has 3 aliphatic rings. The normalized spacial score (nSPS) is 16.4. The molecule has 2 heteroatoms. The summed E-state index contributed by atoms with van der Waals surface area (Å²) >= 11 is 1.85. The van der Waals surface area contributed by atoms with Gasteiger partial charge in [-0.1, -0.05) is 206 Å². The van der Waals surface area contributed by atoms with Gasteiger partial charge in [0.1, 0.15) is 0 Å². The molecule has 0 radical (unpaired) electrons. The van der Waals surface area contributed by atoms with E-state index in [1.54, 1.807) is 0 Å². The first-order chi connectivity index (χ1) is 30.9. The molecule has 1 aromatic heterocycles. The van der Waals surface area contributed by atoms with Crippen molar-refractivity contribution in [2.45, 2.75) is 11.8 Å². The third-order valence-electron chi connectivity index (χ3n) is 12.7. The zero-order chi connectivity index (χ0) is 42.6. The van der Waals surface area contributed by atoms with E-state index in [9.17, 15) is 2.74 Å². The lowest BCUT2D eigenvalue weighted by Crippen LogP contribution is -2.75. The van der Waals surface area contributed by atoms with Crippen molar-refractivity contribution in [3.63, 3.8) is 0 Å². The van der Waals surface area contributed by atoms with Crippen molar-refractivity contribution in [1.82, 2.24) is 0 Å². The minimum absolute atomic E-state index is 0.0649. The Morgan fingerprint density at radius 2 is 0.966 bits per heavy atom. The summed E-state index contributed by atoms with van der Waals surface area (Å²) in [7, 11) is -3.72. The van der Waals surface area contributed by atoms with Crippen molar-refractivity contribution in [2.75, 3.05) is 0 Å². The van der Waals surface area contributed by atoms with Gasteiger partial charge in [0.25, 0.3) is 0 Å². The molecule has 2 bridgehead atoms. The number of thiophene rings is 1. The highest BCUT2D eigenvalue weighted by Crippen LogP contribution is 2.57. The molecule has 0 aliphatic heterocycles. The Bertz CT molecular complexity index is 3420. The molecule has 3 aliphatic carbocycles. The molecule has 0 fully saturated rings. The molecular weight excluding hydrogens is 733 g/mol. The van der Waals surface area contributed by atoms with E-state index >= 15 is 0 Å². The summed E-state index contributed by atoms with van der Waals surface area (Å²) in [6.07, 6.45) is 0. The average Bonchev–Trinajstić information content (AvgIpc) is 3.73. The largest absolute Gasteiger partial charge is 0.179 e. The van der Waals surface area contributed by atoms with E-state index in [0.29, 0.717) is 5.19 Å². The summed E-state index contributed by atoms with van der Waals surface area (Å²) in [6, 6.07) is 65.8. The van der Waals surface area contributed by atoms with Gasteiger partial charge in [0.15, 0.2) is 8.07 Å². The van der Waals surface area contributed by atoms with Crippen LogP contribution in [0.2, 0.25) is 0 Å². The lowest BCUT2D eigenvalue weighted by molar-refractivity contribution is 0.760. The van der Waals surface area contributed by atoms with Gasteiger partial charge in [0.05, 0.1) is 6.85 Å². The van der Waals surface area contributed by atoms with Crippen LogP contribution >= 0.6 is 11.3 Å². The Kier molecular flexibility index (Phi) is 6.57. The second-order valence-corrected chi connectivity index (χ2v) is 20.2. The van der Waals surface area contributed by atoms with E-state index in [2.05, 4.69) is 152 Å². The summed E-state index contributed by atoms with van der Waals surface area (Å²) in [5, 5.41) is 5.92. The molecular formula is C56H38SSi. The predicted octanol–water partition coefficient (Wildman–Crippen LogP) is 11.8. The molecule has 10 aromatic rings. The minimum Gasteiger partial charge on any atom is -0.135 e. The maximum atomic E-state index is 9.70. The first-order valence-electron chi connectivity index (χ1n) is 22.4. The third kappa shape index (κ3) is 4.80. The number of rotatable bonds is 6. The molecule has 0 nitrogen and oxygen atoms in total. The van der Waals surface area contributed by atoms with Crippen molar-refractivity contribution < 1.29 is 6.85 Å². The molecule has 2 atom stereocenters. The highest BCUT2D eigenvalue weighted by Gasteiger charge is 2.49. The van der Waals surface area contributed by atoms with E-state index in [1.165, 1.54) is 70.2 Å². The monoisotopic (exact) mass is 775 g/mol. The minimum atomic E-state index is -3.72. The second-order valence-electron chi connectivity index (χ2n) is 15.5. The van der Waals surface area contributed by atoms with E-state index in [4.69, 9.17) is 4.11 Å². The van der Waals surface area contributed by atoms with Crippen LogP contribution in [-0.2, 0) is 0 Å². The summed E-state index contributed by atoms with van der Waals surface area (Å²) < 4.78 is 48.8. The van der Waals surface area contributed by atoms with Crippen LogP contribution in [0.3, 0.4) is 0 Å². The quantitative estimate of drug-likeness (QED) is 0.117. The fraction of sp³-hybridized carbons (Fsp3) is 0.0357. The Balaban J connectivity index is 1.16. The van der Waals surface area contributed by atoms with Gasteiger partial charge in [-0.3, -0.25) is 0 Å². The number of fused-ring (bicyclic) bond motifs is 3. The lowest BCUT2D eigenvalue weighted by atomic mass is 9.60. The van der Waals surface area contributed by atoms with Crippen LogP contribution in [0, 0.1) is 0 Å². The van der Waals surface area contributed by atoms with E-state index in [0.717, 1.165) is 21.1 Å². The number of hydrogen-bond acceptors (Lipinski definition) is 1. The third-order valence-corrected chi connectivity index (χ3v) is 18.5. The SMILES string of the molecule is [2H]c1c([2H])c([2H])c([Si](c2ccccc2)(c2ccccc2)c2cccc3c2C2c4ccccc4C3c3cccc(-c4cccc(-c5cccc6c5sc5ccccc56)c4)c32)c([2H])c1[2H]. The van der Waals surface area contributed by atoms with Crippen LogP contribution in [-0.4, -0.2) is 8.07 Å². The van der Waals surface area contributed by atoms with Gasteiger partial charge in [-0.2, -0.15) is 0 Å². The molecule has 0 N–H and O–H groups in total. The number of benzene rings is 9. The fourth-order valence-electron chi connectivity index (χ4n) is 10.4. The van der Waals surface area contributed by atoms with Crippen LogP contribution in [0.4, 0.5) is 0 Å². The van der Waals surface area contributed by atoms with Crippen LogP contribution in [0.25, 0.3) is 42.4 Å². The topological polar surface area (TPSA) is 0 Å². The van der Waals surface area contributed by atoms with Crippen LogP contribution in [0.1, 0.15) is 52.1 Å². The van der Waals surface area contributed by atoms with Gasteiger partial charge < -0.3 is 0 Å². The Hall–Kier alpha value is -6.58. The zero-order valence-corrected chi connectivity index (χ0v) is 33.3. The Morgan fingerprint density at radius 3 is 1.72 bits per heavy atom. The van der Waals surface area contributed by atoms with E-state index < -0.39 is 8.07 Å². The number of hydrogen-bond donors (Lipinski definition) is 0. The smallest absolute Gasteiger partial charge is 0.135 e. The first-order valence-corrected chi connectivity index (χ1v) is 22.7. The fourth-order valence-corrected chi connectivity index (χ4v) is 16.4. The van der Waals surface area contributed by atoms with Crippen LogP contribution in [0.5, 0.6) is 0 Å². The maximum Gasteiger partial charge on any atom is 0.179 e. The molecule has 272 valence electrons. The molecule has 0 saturated carbocycles. The van der Waals surface area contributed by atoms with Crippen molar-refractivity contribution in [3.05, 3.63) is 252 Å². The van der Waals surface area contributed by atoms with E-state index in [1.807, 2.05) is 47.7 Å². The highest BCUT2D eigenvalue weighted by atomic mass is 32.1. The maximum absolute atomic E-state index is 9.70. The van der Waals surface area contributed by atoms with Gasteiger partial charge in [0, 0.05) is 32.0 Å². The molecule has 2 unspecified atom stereocenters. The van der Waals surface area contributed by atoms with Gasteiger partial charge in [-0.15, -0.1) is 11.3 Å². The molecule has 0 saturated heterocycles. The summed E-state index contributed by atoms with van der Waals surface area (Å²) in [6.45, 7) is 0. The second kappa shape index (κ2) is 13.2. The molecule has 0 spiro atoms. The zero-order valence-electron chi connectivity index (χ0n) is 36.5. The summed E-state index contributed by atoms with van der Waals surface area (Å²) in [5.41, 5.74) is 12.2. The Morgan fingerprint density at radius 1 is 0.414 bits per heavy atom. The van der Waals surface area contributed by atoms with Gasteiger partial charge in [-0.25, -0.2) is 0 Å². The molecule has 58 heavy (non-hydrogen) atoms. The van der Waals surface area contributed by atoms with Crippen molar-refractivity contribution in [2.24, 2.45) is 0 Å². The van der Waals surface area contributed by atoms with Gasteiger partial charge in [0.2, 0.25) is 0 Å². The van der Waals surface area contributed by atoms with Crippen LogP contribution in [0.15, 0.2) is 218 Å². The predicted molar refractivity (Wildman–Crippen MR) is 249 cm³/mol. The van der Waals surface area contributed by atoms with Gasteiger partial charge >= 0.3 is 0 Å². The van der Waals surface area contributed by atoms with Gasteiger partial charge in [-0.05, 0) is 88.5 Å². The molecule has 13 rings (SSSR count). The molecule has 0 amide bonds. The van der Waals surface area contributed by atoms with Crippen LogP contribution < -0.4 is 20.7 Å². The summed E-state index contributed by atoms with van der Waals surface area (Å²) in [5.74, 6) is -0.257. The molecule has 9 aromatic carbocycles. The average molecular weight is 776 g/mol. The van der Waals surface area contributed by atoms with Crippen molar-refractivity contribution in [1.29, 1.82) is 0 Å². The van der Waals surface area contributed by atoms with E-state index in [-0.39, 0.29) is 42.0 Å². The standard InChI is InChI=1S/C56H38SSi/c1-4-20-39(21-5-1)58(40-22-6-2-7-23-40,41-24-8-3-9-25-41)51-35-17-33-49-52-45-27-10-11-28-46(45)55(54(49)51)53-42(29-15-32-48(52)53)37-18-14-19-38(36-37)43-30-16-31-47-44-26-12-13-34-50(44)57-56(43)47/h1-36,52,55H/i1D,4D,5D,20D,21D. The van der Waals surface area contributed by atoms with Crippen molar-refractivity contribution in [3.8, 4) is 22.3 Å². The highest BCUT2D eigenvalue weighted by molar-refractivity contribution is 7.26. The molecule has 1 heterocycles. The Labute approximate surface area is 351 Å². The lowest BCUT2D eigenvalue weighted by Gasteiger charge is -2.47. The summed E-state index contributed by atoms with van der Waals surface area (Å²) in [4.78, 5) is 0. The first kappa shape index (κ1) is 28.8. The van der Waals surface area contributed by atoms with Crippen molar-refractivity contribution >= 4 is 60.3 Å².